The molecule has 0 bridgehead atoms. The molecular formula is C20H21ClN6OS. The van der Waals surface area contributed by atoms with Gasteiger partial charge in [-0.3, -0.25) is 4.79 Å². The van der Waals surface area contributed by atoms with Gasteiger partial charge in [0.1, 0.15) is 0 Å². The Hall–Kier alpha value is -2.58. The van der Waals surface area contributed by atoms with Crippen LogP contribution in [0.15, 0.2) is 53.7 Å². The van der Waals surface area contributed by atoms with Gasteiger partial charge in [0.15, 0.2) is 0 Å². The zero-order valence-corrected chi connectivity index (χ0v) is 17.6. The second-order valence-corrected chi connectivity index (χ2v) is 8.22. The number of nitrogens with zero attached hydrogens (tertiary/aromatic N) is 6. The first-order valence-electron chi connectivity index (χ1n) is 9.37. The van der Waals surface area contributed by atoms with Crippen LogP contribution in [-0.4, -0.2) is 62.9 Å². The van der Waals surface area contributed by atoms with E-state index in [0.29, 0.717) is 15.9 Å². The normalized spacial score (nSPS) is 14.3. The number of hydrogen-bond acceptors (Lipinski definition) is 6. The highest BCUT2D eigenvalue weighted by molar-refractivity contribution is 7.99. The van der Waals surface area contributed by atoms with Crippen molar-refractivity contribution >= 4 is 35.0 Å². The van der Waals surface area contributed by atoms with E-state index in [9.17, 15) is 4.79 Å². The van der Waals surface area contributed by atoms with Crippen molar-refractivity contribution in [2.24, 2.45) is 0 Å². The second kappa shape index (κ2) is 8.84. The SMILES string of the molecule is Cc1cccc(N2CCN(C(=O)CSc3nnnn3-c3ccc(Cl)cc3)CC2)c1. The summed E-state index contributed by atoms with van der Waals surface area (Å²) < 4.78 is 1.62. The van der Waals surface area contributed by atoms with Gasteiger partial charge in [-0.15, -0.1) is 5.10 Å². The van der Waals surface area contributed by atoms with E-state index < -0.39 is 0 Å². The van der Waals surface area contributed by atoms with Gasteiger partial charge in [-0.05, 0) is 59.3 Å². The predicted molar refractivity (Wildman–Crippen MR) is 115 cm³/mol. The summed E-state index contributed by atoms with van der Waals surface area (Å²) in [5.74, 6) is 0.405. The third-order valence-corrected chi connectivity index (χ3v) is 5.99. The van der Waals surface area contributed by atoms with Crippen LogP contribution in [0.25, 0.3) is 5.69 Å². The van der Waals surface area contributed by atoms with Crippen LogP contribution in [-0.2, 0) is 4.79 Å². The summed E-state index contributed by atoms with van der Waals surface area (Å²) in [6, 6.07) is 15.7. The molecule has 1 amide bonds. The molecule has 2 heterocycles. The average Bonchev–Trinajstić information content (AvgIpc) is 3.21. The Labute approximate surface area is 178 Å². The molecule has 1 aromatic heterocycles. The molecule has 4 rings (SSSR count). The van der Waals surface area contributed by atoms with Crippen molar-refractivity contribution in [1.82, 2.24) is 25.1 Å². The molecule has 1 aliphatic heterocycles. The summed E-state index contributed by atoms with van der Waals surface area (Å²) in [5.41, 5.74) is 3.27. The second-order valence-electron chi connectivity index (χ2n) is 6.85. The molecule has 9 heteroatoms. The molecule has 0 radical (unpaired) electrons. The smallest absolute Gasteiger partial charge is 0.233 e. The fraction of sp³-hybridized carbons (Fsp3) is 0.300. The topological polar surface area (TPSA) is 67.2 Å². The van der Waals surface area contributed by atoms with Gasteiger partial charge in [0.05, 0.1) is 11.4 Å². The highest BCUT2D eigenvalue weighted by Crippen LogP contribution is 2.21. The van der Waals surface area contributed by atoms with Crippen molar-refractivity contribution in [2.75, 3.05) is 36.8 Å². The largest absolute Gasteiger partial charge is 0.368 e. The number of anilines is 1. The molecule has 3 aromatic rings. The van der Waals surface area contributed by atoms with Crippen LogP contribution in [0.5, 0.6) is 0 Å². The van der Waals surface area contributed by atoms with E-state index in [1.807, 2.05) is 17.0 Å². The van der Waals surface area contributed by atoms with E-state index in [0.717, 1.165) is 31.9 Å². The summed E-state index contributed by atoms with van der Waals surface area (Å²) in [6.45, 7) is 5.20. The molecule has 0 unspecified atom stereocenters. The average molecular weight is 429 g/mol. The number of thioether (sulfide) groups is 1. The number of rotatable bonds is 5. The fourth-order valence-corrected chi connectivity index (χ4v) is 4.19. The lowest BCUT2D eigenvalue weighted by atomic mass is 10.2. The number of benzene rings is 2. The molecule has 1 aliphatic rings. The summed E-state index contributed by atoms with van der Waals surface area (Å²) in [5, 5.41) is 13.0. The van der Waals surface area contributed by atoms with Crippen LogP contribution < -0.4 is 4.90 Å². The zero-order valence-electron chi connectivity index (χ0n) is 16.0. The van der Waals surface area contributed by atoms with Crippen molar-refractivity contribution in [3.63, 3.8) is 0 Å². The lowest BCUT2D eigenvalue weighted by molar-refractivity contribution is -0.128. The lowest BCUT2D eigenvalue weighted by Crippen LogP contribution is -2.49. The quantitative estimate of drug-likeness (QED) is 0.582. The molecule has 1 saturated heterocycles. The first-order chi connectivity index (χ1) is 14.1. The van der Waals surface area contributed by atoms with Crippen molar-refractivity contribution < 1.29 is 4.79 Å². The van der Waals surface area contributed by atoms with E-state index in [4.69, 9.17) is 11.6 Å². The Morgan fingerprint density at radius 2 is 1.83 bits per heavy atom. The van der Waals surface area contributed by atoms with Gasteiger partial charge in [-0.25, -0.2) is 0 Å². The molecule has 0 atom stereocenters. The Morgan fingerprint density at radius 1 is 1.07 bits per heavy atom. The molecule has 7 nitrogen and oxygen atoms in total. The molecule has 1 fully saturated rings. The van der Waals surface area contributed by atoms with Crippen LogP contribution in [0.2, 0.25) is 5.02 Å². The van der Waals surface area contributed by atoms with Crippen LogP contribution in [0.4, 0.5) is 5.69 Å². The number of piperazine rings is 1. The number of tetrazole rings is 1. The maximum atomic E-state index is 12.7. The highest BCUT2D eigenvalue weighted by atomic mass is 35.5. The Balaban J connectivity index is 1.32. The van der Waals surface area contributed by atoms with Crippen LogP contribution >= 0.6 is 23.4 Å². The number of halogens is 1. The number of aryl methyl sites for hydroxylation is 1. The summed E-state index contributed by atoms with van der Waals surface area (Å²) in [4.78, 5) is 16.9. The van der Waals surface area contributed by atoms with E-state index in [2.05, 4.69) is 51.6 Å². The standard InChI is InChI=1S/C20H21ClN6OS/c1-15-3-2-4-18(13-15)25-9-11-26(12-10-25)19(28)14-29-20-22-23-24-27(20)17-7-5-16(21)6-8-17/h2-8,13H,9-12,14H2,1H3. The lowest BCUT2D eigenvalue weighted by Gasteiger charge is -2.36. The Bertz CT molecular complexity index is 985. The molecule has 0 saturated carbocycles. The highest BCUT2D eigenvalue weighted by Gasteiger charge is 2.22. The third kappa shape index (κ3) is 4.71. The number of carbonyl (C=O) groups is 1. The molecule has 29 heavy (non-hydrogen) atoms. The van der Waals surface area contributed by atoms with E-state index >= 15 is 0 Å². The van der Waals surface area contributed by atoms with Gasteiger partial charge in [0.25, 0.3) is 0 Å². The monoisotopic (exact) mass is 428 g/mol. The van der Waals surface area contributed by atoms with Crippen LogP contribution in [0.1, 0.15) is 5.56 Å². The molecule has 150 valence electrons. The maximum absolute atomic E-state index is 12.7. The first-order valence-corrected chi connectivity index (χ1v) is 10.7. The van der Waals surface area contributed by atoms with Crippen molar-refractivity contribution in [3.05, 3.63) is 59.1 Å². The Kier molecular flexibility index (Phi) is 6.01. The molecule has 0 aliphatic carbocycles. The first kappa shape index (κ1) is 19.7. The molecule has 0 N–H and O–H groups in total. The van der Waals surface area contributed by atoms with Crippen LogP contribution in [0.3, 0.4) is 0 Å². The summed E-state index contributed by atoms with van der Waals surface area (Å²) in [6.07, 6.45) is 0. The van der Waals surface area contributed by atoms with Gasteiger partial charge >= 0.3 is 0 Å². The van der Waals surface area contributed by atoms with Gasteiger partial charge in [0, 0.05) is 36.9 Å². The van der Waals surface area contributed by atoms with E-state index in [1.165, 1.54) is 23.0 Å². The summed E-state index contributed by atoms with van der Waals surface area (Å²) >= 11 is 7.28. The number of amides is 1. The van der Waals surface area contributed by atoms with Crippen LogP contribution in [0, 0.1) is 6.92 Å². The third-order valence-electron chi connectivity index (χ3n) is 4.84. The van der Waals surface area contributed by atoms with Gasteiger partial charge in [0.2, 0.25) is 11.1 Å². The van der Waals surface area contributed by atoms with Gasteiger partial charge in [-0.1, -0.05) is 35.5 Å². The number of aromatic nitrogens is 4. The molecule has 0 spiro atoms. The zero-order chi connectivity index (χ0) is 20.2. The fourth-order valence-electron chi connectivity index (χ4n) is 3.27. The minimum atomic E-state index is 0.101. The van der Waals surface area contributed by atoms with E-state index in [-0.39, 0.29) is 5.91 Å². The number of carbonyl (C=O) groups excluding carboxylic acids is 1. The van der Waals surface area contributed by atoms with Gasteiger partial charge < -0.3 is 9.80 Å². The van der Waals surface area contributed by atoms with Crippen molar-refractivity contribution in [2.45, 2.75) is 12.1 Å². The van der Waals surface area contributed by atoms with Gasteiger partial charge in [-0.2, -0.15) is 4.68 Å². The van der Waals surface area contributed by atoms with Crippen molar-refractivity contribution in [3.8, 4) is 5.69 Å². The molecule has 2 aromatic carbocycles. The summed E-state index contributed by atoms with van der Waals surface area (Å²) in [7, 11) is 0. The minimum absolute atomic E-state index is 0.101. The minimum Gasteiger partial charge on any atom is -0.368 e. The van der Waals surface area contributed by atoms with E-state index in [1.54, 1.807) is 16.8 Å². The maximum Gasteiger partial charge on any atom is 0.233 e. The number of hydrogen-bond donors (Lipinski definition) is 0. The van der Waals surface area contributed by atoms with Crippen molar-refractivity contribution in [1.29, 1.82) is 0 Å². The Morgan fingerprint density at radius 3 is 2.55 bits per heavy atom. The molecular weight excluding hydrogens is 408 g/mol. The predicted octanol–water partition coefficient (Wildman–Crippen LogP) is 3.07.